The first-order valence-corrected chi connectivity index (χ1v) is 9.27. The molecular formula is C17H27N3O3S. The van der Waals surface area contributed by atoms with E-state index in [0.29, 0.717) is 5.69 Å². The Kier molecular flexibility index (Phi) is 5.65. The molecule has 0 saturated carbocycles. The Morgan fingerprint density at radius 3 is 2.71 bits per heavy atom. The van der Waals surface area contributed by atoms with Crippen molar-refractivity contribution in [1.82, 2.24) is 14.8 Å². The molecule has 0 spiro atoms. The van der Waals surface area contributed by atoms with E-state index in [-0.39, 0.29) is 28.9 Å². The molecule has 1 N–H and O–H groups in total. The number of likely N-dealkylation sites (N-methyl/N-ethyl adjacent to an activating group) is 1. The smallest absolute Gasteiger partial charge is 0.282 e. The Morgan fingerprint density at radius 1 is 1.46 bits per heavy atom. The fourth-order valence-corrected chi connectivity index (χ4v) is 3.59. The van der Waals surface area contributed by atoms with Crippen molar-refractivity contribution in [2.24, 2.45) is 0 Å². The van der Waals surface area contributed by atoms with E-state index in [0.717, 1.165) is 25.8 Å². The van der Waals surface area contributed by atoms with E-state index in [1.54, 1.807) is 33.2 Å². The Hall–Kier alpha value is -1.47. The number of likely N-dealkylation sites (tertiary alicyclic amines) is 1. The predicted octanol–water partition coefficient (Wildman–Crippen LogP) is 2.39. The van der Waals surface area contributed by atoms with E-state index in [4.69, 9.17) is 0 Å². The van der Waals surface area contributed by atoms with Crippen LogP contribution in [0.15, 0.2) is 5.38 Å². The van der Waals surface area contributed by atoms with Gasteiger partial charge in [-0.1, -0.05) is 0 Å². The van der Waals surface area contributed by atoms with Crippen LogP contribution in [0.25, 0.3) is 0 Å². The zero-order valence-corrected chi connectivity index (χ0v) is 15.9. The first-order chi connectivity index (χ1) is 11.1. The van der Waals surface area contributed by atoms with Gasteiger partial charge in [0.25, 0.3) is 11.8 Å². The summed E-state index contributed by atoms with van der Waals surface area (Å²) in [6.07, 6.45) is 3.16. The lowest BCUT2D eigenvalue weighted by atomic mass is 9.99. The van der Waals surface area contributed by atoms with Crippen LogP contribution in [0.5, 0.6) is 0 Å². The monoisotopic (exact) mass is 353 g/mol. The molecule has 1 unspecified atom stereocenters. The third kappa shape index (κ3) is 3.95. The van der Waals surface area contributed by atoms with Crippen molar-refractivity contribution in [3.8, 4) is 0 Å². The van der Waals surface area contributed by atoms with Gasteiger partial charge in [0, 0.05) is 25.0 Å². The normalized spacial score (nSPS) is 19.9. The van der Waals surface area contributed by atoms with Gasteiger partial charge in [0.2, 0.25) is 0 Å². The van der Waals surface area contributed by atoms with Crippen molar-refractivity contribution in [3.05, 3.63) is 16.1 Å². The van der Waals surface area contributed by atoms with Crippen LogP contribution in [-0.2, 0) is 0 Å². The van der Waals surface area contributed by atoms with Crippen molar-refractivity contribution in [1.29, 1.82) is 0 Å². The van der Waals surface area contributed by atoms with Crippen molar-refractivity contribution < 1.29 is 14.7 Å². The summed E-state index contributed by atoms with van der Waals surface area (Å²) in [7, 11) is 1.64. The maximum absolute atomic E-state index is 12.6. The number of aromatic nitrogens is 1. The van der Waals surface area contributed by atoms with Crippen LogP contribution in [0.3, 0.4) is 0 Å². The summed E-state index contributed by atoms with van der Waals surface area (Å²) in [5.41, 5.74) is -0.676. The lowest BCUT2D eigenvalue weighted by Gasteiger charge is -2.33. The minimum Gasteiger partial charge on any atom is -0.388 e. The average molecular weight is 353 g/mol. The number of rotatable bonds is 4. The molecule has 0 aromatic carbocycles. The summed E-state index contributed by atoms with van der Waals surface area (Å²) in [6, 6.07) is -0.153. The Labute approximate surface area is 147 Å². The Bertz CT molecular complexity index is 608. The number of hydrogen-bond donors (Lipinski definition) is 1. The van der Waals surface area contributed by atoms with Crippen LogP contribution in [0.2, 0.25) is 0 Å². The quantitative estimate of drug-likeness (QED) is 0.902. The van der Waals surface area contributed by atoms with E-state index in [9.17, 15) is 14.7 Å². The molecule has 2 atom stereocenters. The highest BCUT2D eigenvalue weighted by Crippen LogP contribution is 2.22. The van der Waals surface area contributed by atoms with Gasteiger partial charge in [-0.2, -0.15) is 0 Å². The number of amides is 2. The molecule has 0 radical (unpaired) electrons. The molecule has 2 amide bonds. The second kappa shape index (κ2) is 7.19. The van der Waals surface area contributed by atoms with Crippen LogP contribution >= 0.6 is 11.3 Å². The third-order valence-corrected chi connectivity index (χ3v) is 5.72. The van der Waals surface area contributed by atoms with E-state index < -0.39 is 5.60 Å². The summed E-state index contributed by atoms with van der Waals surface area (Å²) >= 11 is 1.18. The van der Waals surface area contributed by atoms with Gasteiger partial charge in [-0.15, -0.1) is 11.3 Å². The molecule has 1 aliphatic rings. The van der Waals surface area contributed by atoms with Gasteiger partial charge in [0.15, 0.2) is 5.01 Å². The Balaban J connectivity index is 2.12. The zero-order valence-electron chi connectivity index (χ0n) is 15.1. The highest BCUT2D eigenvalue weighted by Gasteiger charge is 2.32. The summed E-state index contributed by atoms with van der Waals surface area (Å²) in [6.45, 7) is 7.91. The largest absolute Gasteiger partial charge is 0.388 e. The maximum Gasteiger partial charge on any atom is 0.282 e. The van der Waals surface area contributed by atoms with Crippen LogP contribution in [0.4, 0.5) is 0 Å². The van der Waals surface area contributed by atoms with Crippen LogP contribution in [0.1, 0.15) is 67.2 Å². The van der Waals surface area contributed by atoms with Gasteiger partial charge >= 0.3 is 0 Å². The maximum atomic E-state index is 12.6. The summed E-state index contributed by atoms with van der Waals surface area (Å²) in [5.74, 6) is -0.379. The molecule has 1 aliphatic heterocycles. The van der Waals surface area contributed by atoms with Crippen molar-refractivity contribution >= 4 is 23.2 Å². The van der Waals surface area contributed by atoms with Gasteiger partial charge in [0.05, 0.1) is 11.6 Å². The number of thiazole rings is 1. The van der Waals surface area contributed by atoms with Crippen LogP contribution in [0, 0.1) is 0 Å². The van der Waals surface area contributed by atoms with E-state index >= 15 is 0 Å². The molecule has 1 saturated heterocycles. The van der Waals surface area contributed by atoms with Crippen molar-refractivity contribution in [3.63, 3.8) is 0 Å². The first-order valence-electron chi connectivity index (χ1n) is 8.39. The second-order valence-corrected chi connectivity index (χ2v) is 7.99. The molecule has 24 heavy (non-hydrogen) atoms. The molecule has 6 nitrogen and oxygen atoms in total. The first kappa shape index (κ1) is 18.9. The molecule has 134 valence electrons. The highest BCUT2D eigenvalue weighted by molar-refractivity contribution is 7.11. The number of carbonyl (C=O) groups is 2. The topological polar surface area (TPSA) is 73.7 Å². The van der Waals surface area contributed by atoms with Gasteiger partial charge in [-0.05, 0) is 47.0 Å². The lowest BCUT2D eigenvalue weighted by Crippen LogP contribution is -2.48. The van der Waals surface area contributed by atoms with Crippen LogP contribution < -0.4 is 0 Å². The average Bonchev–Trinajstić information content (AvgIpc) is 3.01. The second-order valence-electron chi connectivity index (χ2n) is 7.13. The van der Waals surface area contributed by atoms with E-state index in [1.165, 1.54) is 16.2 Å². The highest BCUT2D eigenvalue weighted by atomic mass is 32.1. The summed E-state index contributed by atoms with van der Waals surface area (Å²) in [5, 5.41) is 12.0. The molecular weight excluding hydrogens is 326 g/mol. The lowest BCUT2D eigenvalue weighted by molar-refractivity contribution is 0.000532. The SMILES string of the molecule is CC(N(C)C(=O)c1nc(C(=O)N2CCCC[C@@H]2C)cs1)C(C)(C)O. The number of nitrogens with zero attached hydrogens (tertiary/aromatic N) is 3. The number of carbonyl (C=O) groups excluding carboxylic acids is 2. The summed E-state index contributed by atoms with van der Waals surface area (Å²) in [4.78, 5) is 32.7. The fourth-order valence-electron chi connectivity index (χ4n) is 2.82. The molecule has 0 aliphatic carbocycles. The molecule has 1 fully saturated rings. The summed E-state index contributed by atoms with van der Waals surface area (Å²) < 4.78 is 0. The zero-order chi connectivity index (χ0) is 18.1. The van der Waals surface area contributed by atoms with Crippen LogP contribution in [-0.4, -0.2) is 63.0 Å². The third-order valence-electron chi connectivity index (χ3n) is 4.89. The molecule has 2 heterocycles. The Morgan fingerprint density at radius 2 is 2.12 bits per heavy atom. The van der Waals surface area contributed by atoms with E-state index in [1.807, 2.05) is 11.8 Å². The number of hydrogen-bond acceptors (Lipinski definition) is 5. The van der Waals surface area contributed by atoms with Crippen molar-refractivity contribution in [2.75, 3.05) is 13.6 Å². The molecule has 1 aromatic rings. The van der Waals surface area contributed by atoms with Gasteiger partial charge in [0.1, 0.15) is 5.69 Å². The molecule has 1 aromatic heterocycles. The predicted molar refractivity (Wildman–Crippen MR) is 94.3 cm³/mol. The fraction of sp³-hybridized carbons (Fsp3) is 0.706. The minimum atomic E-state index is -1.01. The van der Waals surface area contributed by atoms with Gasteiger partial charge in [-0.25, -0.2) is 4.98 Å². The standard InChI is InChI=1S/C17H27N3O3S/c1-11-8-6-7-9-20(11)15(21)13-10-24-14(18-13)16(22)19(5)12(2)17(3,4)23/h10-12,23H,6-9H2,1-5H3/t11-,12?/m0/s1. The molecule has 0 bridgehead atoms. The minimum absolute atomic E-state index is 0.101. The van der Waals surface area contributed by atoms with Crippen molar-refractivity contribution in [2.45, 2.75) is 64.6 Å². The molecule has 7 heteroatoms. The molecule has 2 rings (SSSR count). The number of piperidine rings is 1. The van der Waals surface area contributed by atoms with E-state index in [2.05, 4.69) is 4.98 Å². The number of aliphatic hydroxyl groups is 1. The van der Waals surface area contributed by atoms with Gasteiger partial charge < -0.3 is 14.9 Å². The van der Waals surface area contributed by atoms with Gasteiger partial charge in [-0.3, -0.25) is 9.59 Å².